The molecule has 0 aromatic heterocycles. The molecule has 0 heterocycles. The molecule has 3 rings (SSSR count). The van der Waals surface area contributed by atoms with Crippen molar-refractivity contribution in [3.8, 4) is 5.75 Å². The van der Waals surface area contributed by atoms with Crippen LogP contribution in [0.4, 0.5) is 0 Å². The van der Waals surface area contributed by atoms with E-state index in [0.29, 0.717) is 5.92 Å². The zero-order valence-electron chi connectivity index (χ0n) is 20.1. The van der Waals surface area contributed by atoms with E-state index in [0.717, 1.165) is 49.4 Å². The van der Waals surface area contributed by atoms with Crippen LogP contribution in [0.3, 0.4) is 0 Å². The fourth-order valence-electron chi connectivity index (χ4n) is 4.42. The highest BCUT2D eigenvalue weighted by atomic mass is 16.5. The number of nitrogens with zero attached hydrogens (tertiary/aromatic N) is 2. The van der Waals surface area contributed by atoms with Crippen LogP contribution in [0.5, 0.6) is 5.75 Å². The Bertz CT molecular complexity index is 986. The summed E-state index contributed by atoms with van der Waals surface area (Å²) in [4.78, 5) is 16.9. The Hall–Kier alpha value is -2.85. The smallest absolute Gasteiger partial charge is 0.253 e. The van der Waals surface area contributed by atoms with Gasteiger partial charge >= 0.3 is 0 Å². The molecule has 0 fully saturated rings. The van der Waals surface area contributed by atoms with Crippen molar-refractivity contribution >= 4 is 17.6 Å². The molecule has 0 saturated heterocycles. The van der Waals surface area contributed by atoms with Crippen molar-refractivity contribution in [1.29, 1.82) is 0 Å². The van der Waals surface area contributed by atoms with Gasteiger partial charge in [0, 0.05) is 25.2 Å². The molecule has 0 bridgehead atoms. The van der Waals surface area contributed by atoms with Gasteiger partial charge in [0.1, 0.15) is 5.75 Å². The second kappa shape index (κ2) is 11.1. The van der Waals surface area contributed by atoms with Gasteiger partial charge in [0.2, 0.25) is 0 Å². The van der Waals surface area contributed by atoms with Gasteiger partial charge in [0.25, 0.3) is 5.91 Å². The highest BCUT2D eigenvalue weighted by Crippen LogP contribution is 2.37. The van der Waals surface area contributed by atoms with Crippen molar-refractivity contribution in [3.63, 3.8) is 0 Å². The molecule has 1 unspecified atom stereocenters. The molecule has 4 nitrogen and oxygen atoms in total. The second-order valence-corrected chi connectivity index (χ2v) is 8.65. The van der Waals surface area contributed by atoms with Gasteiger partial charge < -0.3 is 14.5 Å². The first-order valence-corrected chi connectivity index (χ1v) is 11.6. The summed E-state index contributed by atoms with van der Waals surface area (Å²) in [5.41, 5.74) is 5.69. The molecule has 32 heavy (non-hydrogen) atoms. The summed E-state index contributed by atoms with van der Waals surface area (Å²) in [6.07, 6.45) is 6.70. The predicted octanol–water partition coefficient (Wildman–Crippen LogP) is 5.62. The molecule has 0 aliphatic heterocycles. The first-order chi connectivity index (χ1) is 15.4. The summed E-state index contributed by atoms with van der Waals surface area (Å²) in [5, 5.41) is 0. The number of amides is 1. The van der Waals surface area contributed by atoms with Crippen LogP contribution >= 0.6 is 0 Å². The second-order valence-electron chi connectivity index (χ2n) is 8.65. The van der Waals surface area contributed by atoms with Gasteiger partial charge in [-0.25, -0.2) is 0 Å². The Morgan fingerprint density at radius 3 is 2.53 bits per heavy atom. The molecular weight excluding hydrogens is 396 g/mol. The number of allylic oxidation sites excluding steroid dienone is 2. The van der Waals surface area contributed by atoms with Crippen LogP contribution in [0.1, 0.15) is 48.2 Å². The Labute approximate surface area is 193 Å². The highest BCUT2D eigenvalue weighted by molar-refractivity contribution is 5.94. The first kappa shape index (κ1) is 23.8. The number of ether oxygens (including phenoxy) is 1. The molecule has 1 aliphatic carbocycles. The Morgan fingerprint density at radius 1 is 1.09 bits per heavy atom. The Kier molecular flexibility index (Phi) is 8.29. The third-order valence-electron chi connectivity index (χ3n) is 6.09. The molecule has 0 saturated carbocycles. The third kappa shape index (κ3) is 5.89. The number of carbonyl (C=O) groups excluding carboxylic acids is 1. The number of hydrogen-bond donors (Lipinski definition) is 0. The summed E-state index contributed by atoms with van der Waals surface area (Å²) in [5.74, 6) is 1.45. The van der Waals surface area contributed by atoms with Crippen LogP contribution in [0.15, 0.2) is 60.2 Å². The standard InChI is InChI=1S/C28H36N2O2/c1-6-30(7-2)28(31)24-12-8-10-21(17-24)16-22-14-15-25(20-29(3)4)27(18-22)23-11-9-13-26(19-23)32-5/h8-13,16-19,25H,6-7,14-15,20H2,1-5H3. The van der Waals surface area contributed by atoms with Crippen LogP contribution in [0.2, 0.25) is 0 Å². The molecule has 0 radical (unpaired) electrons. The molecule has 4 heteroatoms. The zero-order valence-corrected chi connectivity index (χ0v) is 20.1. The van der Waals surface area contributed by atoms with E-state index in [4.69, 9.17) is 4.74 Å². The average molecular weight is 433 g/mol. The molecule has 2 aromatic rings. The van der Waals surface area contributed by atoms with Crippen LogP contribution < -0.4 is 4.74 Å². The molecule has 1 aliphatic rings. The number of hydrogen-bond acceptors (Lipinski definition) is 3. The van der Waals surface area contributed by atoms with Crippen molar-refractivity contribution in [2.24, 2.45) is 5.92 Å². The zero-order chi connectivity index (χ0) is 23.1. The number of methoxy groups -OCH3 is 1. The largest absolute Gasteiger partial charge is 0.497 e. The van der Waals surface area contributed by atoms with E-state index >= 15 is 0 Å². The van der Waals surface area contributed by atoms with E-state index < -0.39 is 0 Å². The maximum Gasteiger partial charge on any atom is 0.253 e. The minimum atomic E-state index is 0.0950. The molecule has 0 spiro atoms. The summed E-state index contributed by atoms with van der Waals surface area (Å²) < 4.78 is 5.47. The van der Waals surface area contributed by atoms with Crippen LogP contribution in [-0.4, -0.2) is 56.5 Å². The molecule has 170 valence electrons. The lowest BCUT2D eigenvalue weighted by Crippen LogP contribution is -2.30. The quantitative estimate of drug-likeness (QED) is 0.543. The van der Waals surface area contributed by atoms with Gasteiger partial charge in [0.05, 0.1) is 7.11 Å². The maximum absolute atomic E-state index is 12.8. The van der Waals surface area contributed by atoms with E-state index in [1.54, 1.807) is 7.11 Å². The lowest BCUT2D eigenvalue weighted by atomic mass is 9.81. The van der Waals surface area contributed by atoms with E-state index in [2.05, 4.69) is 55.4 Å². The van der Waals surface area contributed by atoms with Crippen molar-refractivity contribution < 1.29 is 9.53 Å². The molecular formula is C28H36N2O2. The SMILES string of the molecule is CCN(CC)C(=O)c1cccc(C=C2C=C(c3cccc(OC)c3)C(CN(C)C)CC2)c1. The molecule has 2 aromatic carbocycles. The van der Waals surface area contributed by atoms with Gasteiger partial charge in [-0.05, 0) is 93.2 Å². The molecule has 1 amide bonds. The highest BCUT2D eigenvalue weighted by Gasteiger charge is 2.22. The van der Waals surface area contributed by atoms with Gasteiger partial charge in [-0.2, -0.15) is 0 Å². The Morgan fingerprint density at radius 2 is 1.84 bits per heavy atom. The minimum absolute atomic E-state index is 0.0950. The van der Waals surface area contributed by atoms with E-state index in [1.807, 2.05) is 43.0 Å². The maximum atomic E-state index is 12.8. The molecule has 0 N–H and O–H groups in total. The lowest BCUT2D eigenvalue weighted by Gasteiger charge is -2.29. The Balaban J connectivity index is 1.95. The van der Waals surface area contributed by atoms with E-state index in [9.17, 15) is 4.79 Å². The lowest BCUT2D eigenvalue weighted by molar-refractivity contribution is 0.0773. The van der Waals surface area contributed by atoms with Crippen molar-refractivity contribution in [2.45, 2.75) is 26.7 Å². The number of rotatable bonds is 8. The van der Waals surface area contributed by atoms with Crippen LogP contribution in [0.25, 0.3) is 11.6 Å². The van der Waals surface area contributed by atoms with Gasteiger partial charge in [-0.3, -0.25) is 4.79 Å². The summed E-state index contributed by atoms with van der Waals surface area (Å²) in [6.45, 7) is 6.50. The monoisotopic (exact) mass is 432 g/mol. The van der Waals surface area contributed by atoms with Gasteiger partial charge in [0.15, 0.2) is 0 Å². The minimum Gasteiger partial charge on any atom is -0.497 e. The van der Waals surface area contributed by atoms with E-state index in [-0.39, 0.29) is 5.91 Å². The topological polar surface area (TPSA) is 32.8 Å². The first-order valence-electron chi connectivity index (χ1n) is 11.6. The molecule has 1 atom stereocenters. The average Bonchev–Trinajstić information content (AvgIpc) is 2.80. The fraction of sp³-hybridized carbons (Fsp3) is 0.393. The summed E-state index contributed by atoms with van der Waals surface area (Å²) >= 11 is 0. The van der Waals surface area contributed by atoms with Gasteiger partial charge in [-0.1, -0.05) is 36.4 Å². The number of benzene rings is 2. The summed E-state index contributed by atoms with van der Waals surface area (Å²) in [6, 6.07) is 16.3. The van der Waals surface area contributed by atoms with Crippen LogP contribution in [-0.2, 0) is 0 Å². The predicted molar refractivity (Wildman–Crippen MR) is 134 cm³/mol. The van der Waals surface area contributed by atoms with E-state index in [1.165, 1.54) is 16.7 Å². The van der Waals surface area contributed by atoms with Crippen LogP contribution in [0, 0.1) is 5.92 Å². The third-order valence-corrected chi connectivity index (χ3v) is 6.09. The number of carbonyl (C=O) groups is 1. The fourth-order valence-corrected chi connectivity index (χ4v) is 4.42. The summed E-state index contributed by atoms with van der Waals surface area (Å²) in [7, 11) is 5.98. The van der Waals surface area contributed by atoms with Crippen molar-refractivity contribution in [1.82, 2.24) is 9.80 Å². The normalized spacial score (nSPS) is 17.4. The van der Waals surface area contributed by atoms with Crippen molar-refractivity contribution in [2.75, 3.05) is 40.8 Å². The van der Waals surface area contributed by atoms with Gasteiger partial charge in [-0.15, -0.1) is 0 Å². The van der Waals surface area contributed by atoms with Crippen molar-refractivity contribution in [3.05, 3.63) is 76.9 Å².